The van der Waals surface area contributed by atoms with Crippen LogP contribution in [0.25, 0.3) is 0 Å². The number of nitrogens with two attached hydrogens (primary N) is 1. The second kappa shape index (κ2) is 7.39. The Labute approximate surface area is 110 Å². The minimum absolute atomic E-state index is 0.664. The van der Waals surface area contributed by atoms with Crippen LogP contribution in [0.5, 0.6) is 5.75 Å². The van der Waals surface area contributed by atoms with Crippen molar-refractivity contribution in [3.63, 3.8) is 0 Å². The Balaban J connectivity index is 1.72. The van der Waals surface area contributed by atoms with Crippen LogP contribution in [-0.4, -0.2) is 37.7 Å². The lowest BCUT2D eigenvalue weighted by Gasteiger charge is -2.32. The molecule has 1 unspecified atom stereocenters. The third kappa shape index (κ3) is 4.31. The quantitative estimate of drug-likeness (QED) is 0.838. The van der Waals surface area contributed by atoms with Crippen molar-refractivity contribution in [2.75, 3.05) is 32.8 Å². The molecule has 1 fully saturated rings. The number of hydrogen-bond acceptors (Lipinski definition) is 3. The molecule has 18 heavy (non-hydrogen) atoms. The van der Waals surface area contributed by atoms with Gasteiger partial charge in [0.2, 0.25) is 0 Å². The van der Waals surface area contributed by atoms with Gasteiger partial charge in [0.25, 0.3) is 0 Å². The van der Waals surface area contributed by atoms with E-state index in [9.17, 15) is 0 Å². The highest BCUT2D eigenvalue weighted by atomic mass is 16.5. The van der Waals surface area contributed by atoms with Crippen molar-refractivity contribution in [2.45, 2.75) is 19.3 Å². The molecular formula is C15H24N2O. The molecule has 0 aromatic heterocycles. The van der Waals surface area contributed by atoms with Gasteiger partial charge in [0.1, 0.15) is 5.75 Å². The summed E-state index contributed by atoms with van der Waals surface area (Å²) in [4.78, 5) is 2.52. The van der Waals surface area contributed by atoms with Crippen molar-refractivity contribution < 1.29 is 4.74 Å². The van der Waals surface area contributed by atoms with E-state index < -0.39 is 0 Å². The summed E-state index contributed by atoms with van der Waals surface area (Å²) in [5, 5.41) is 0. The summed E-state index contributed by atoms with van der Waals surface area (Å²) in [6, 6.07) is 10.1. The minimum Gasteiger partial charge on any atom is -0.493 e. The predicted molar refractivity (Wildman–Crippen MR) is 74.8 cm³/mol. The van der Waals surface area contributed by atoms with Gasteiger partial charge in [-0.3, -0.25) is 0 Å². The van der Waals surface area contributed by atoms with Crippen molar-refractivity contribution in [3.8, 4) is 5.75 Å². The fourth-order valence-electron chi connectivity index (χ4n) is 2.54. The highest BCUT2D eigenvalue weighted by molar-refractivity contribution is 5.20. The molecule has 0 saturated carbocycles. The molecule has 1 aromatic carbocycles. The number of hydrogen-bond donors (Lipinski definition) is 1. The fraction of sp³-hybridized carbons (Fsp3) is 0.600. The van der Waals surface area contributed by atoms with Crippen LogP contribution < -0.4 is 10.5 Å². The zero-order valence-electron chi connectivity index (χ0n) is 11.1. The van der Waals surface area contributed by atoms with E-state index in [2.05, 4.69) is 4.90 Å². The molecule has 2 rings (SSSR count). The number of ether oxygens (including phenoxy) is 1. The molecule has 0 radical (unpaired) electrons. The molecule has 0 amide bonds. The first kappa shape index (κ1) is 13.4. The molecule has 0 aliphatic carbocycles. The molecule has 2 N–H and O–H groups in total. The van der Waals surface area contributed by atoms with Gasteiger partial charge >= 0.3 is 0 Å². The van der Waals surface area contributed by atoms with Gasteiger partial charge in [-0.05, 0) is 51.0 Å². The molecule has 1 heterocycles. The lowest BCUT2D eigenvalue weighted by Crippen LogP contribution is -2.38. The SMILES string of the molecule is NCCCN1CCCC(COc2ccccc2)C1. The van der Waals surface area contributed by atoms with E-state index in [1.165, 1.54) is 19.4 Å². The first-order valence-electron chi connectivity index (χ1n) is 6.99. The maximum absolute atomic E-state index is 5.85. The lowest BCUT2D eigenvalue weighted by atomic mass is 9.99. The molecule has 1 atom stereocenters. The van der Waals surface area contributed by atoms with Gasteiger partial charge in [0, 0.05) is 12.5 Å². The summed E-state index contributed by atoms with van der Waals surface area (Å²) in [6.45, 7) is 5.15. The Bertz CT molecular complexity index is 329. The number of piperidine rings is 1. The third-order valence-corrected chi connectivity index (χ3v) is 3.51. The summed E-state index contributed by atoms with van der Waals surface area (Å²) in [7, 11) is 0. The van der Waals surface area contributed by atoms with Crippen molar-refractivity contribution in [1.29, 1.82) is 0 Å². The first-order valence-corrected chi connectivity index (χ1v) is 6.99. The Morgan fingerprint density at radius 3 is 2.89 bits per heavy atom. The standard InChI is InChI=1S/C15H24N2O/c16-9-5-11-17-10-4-6-14(12-17)13-18-15-7-2-1-3-8-15/h1-3,7-8,14H,4-6,9-13,16H2. The molecule has 1 aromatic rings. The average Bonchev–Trinajstić information content (AvgIpc) is 2.44. The summed E-state index contributed by atoms with van der Waals surface area (Å²) in [5.74, 6) is 1.65. The van der Waals surface area contributed by atoms with Crippen molar-refractivity contribution in [1.82, 2.24) is 4.90 Å². The number of benzene rings is 1. The van der Waals surface area contributed by atoms with Crippen LogP contribution in [0.2, 0.25) is 0 Å². The van der Waals surface area contributed by atoms with Gasteiger partial charge < -0.3 is 15.4 Å². The summed E-state index contributed by atoms with van der Waals surface area (Å²) >= 11 is 0. The van der Waals surface area contributed by atoms with Crippen LogP contribution in [0.1, 0.15) is 19.3 Å². The Morgan fingerprint density at radius 2 is 2.11 bits per heavy atom. The van der Waals surface area contributed by atoms with Crippen LogP contribution in [-0.2, 0) is 0 Å². The fourth-order valence-corrected chi connectivity index (χ4v) is 2.54. The van der Waals surface area contributed by atoms with E-state index in [0.717, 1.165) is 38.4 Å². The minimum atomic E-state index is 0.664. The predicted octanol–water partition coefficient (Wildman–Crippen LogP) is 2.13. The van der Waals surface area contributed by atoms with Crippen molar-refractivity contribution in [2.24, 2.45) is 11.7 Å². The second-order valence-electron chi connectivity index (χ2n) is 5.08. The highest BCUT2D eigenvalue weighted by Crippen LogP contribution is 2.18. The zero-order valence-corrected chi connectivity index (χ0v) is 11.1. The molecule has 3 heteroatoms. The molecule has 0 spiro atoms. The smallest absolute Gasteiger partial charge is 0.119 e. The maximum Gasteiger partial charge on any atom is 0.119 e. The number of rotatable bonds is 6. The molecule has 0 bridgehead atoms. The van der Waals surface area contributed by atoms with Gasteiger partial charge in [-0.15, -0.1) is 0 Å². The Morgan fingerprint density at radius 1 is 1.28 bits per heavy atom. The third-order valence-electron chi connectivity index (χ3n) is 3.51. The summed E-state index contributed by atoms with van der Waals surface area (Å²) in [6.07, 6.45) is 3.67. The van der Waals surface area contributed by atoms with Gasteiger partial charge in [-0.1, -0.05) is 18.2 Å². The van der Waals surface area contributed by atoms with Crippen LogP contribution >= 0.6 is 0 Å². The molecule has 1 saturated heterocycles. The number of nitrogens with zero attached hydrogens (tertiary/aromatic N) is 1. The average molecular weight is 248 g/mol. The van der Waals surface area contributed by atoms with Crippen LogP contribution in [0, 0.1) is 5.92 Å². The molecule has 1 aliphatic rings. The van der Waals surface area contributed by atoms with Crippen molar-refractivity contribution in [3.05, 3.63) is 30.3 Å². The topological polar surface area (TPSA) is 38.5 Å². The normalized spacial score (nSPS) is 20.8. The van der Waals surface area contributed by atoms with E-state index >= 15 is 0 Å². The maximum atomic E-state index is 5.85. The van der Waals surface area contributed by atoms with Crippen LogP contribution in [0.15, 0.2) is 30.3 Å². The highest BCUT2D eigenvalue weighted by Gasteiger charge is 2.19. The number of para-hydroxylation sites is 1. The number of likely N-dealkylation sites (tertiary alicyclic amines) is 1. The molecule has 100 valence electrons. The Hall–Kier alpha value is -1.06. The van der Waals surface area contributed by atoms with Gasteiger partial charge in [-0.25, -0.2) is 0 Å². The summed E-state index contributed by atoms with van der Waals surface area (Å²) < 4.78 is 5.85. The van der Waals surface area contributed by atoms with Gasteiger partial charge in [-0.2, -0.15) is 0 Å². The monoisotopic (exact) mass is 248 g/mol. The molecule has 3 nitrogen and oxygen atoms in total. The van der Waals surface area contributed by atoms with Gasteiger partial charge in [0.15, 0.2) is 0 Å². The van der Waals surface area contributed by atoms with Crippen LogP contribution in [0.4, 0.5) is 0 Å². The van der Waals surface area contributed by atoms with Crippen LogP contribution in [0.3, 0.4) is 0 Å². The Kier molecular flexibility index (Phi) is 5.49. The molecular weight excluding hydrogens is 224 g/mol. The van der Waals surface area contributed by atoms with E-state index in [0.29, 0.717) is 5.92 Å². The first-order chi connectivity index (χ1) is 8.88. The largest absolute Gasteiger partial charge is 0.493 e. The van der Waals surface area contributed by atoms with E-state index in [-0.39, 0.29) is 0 Å². The van der Waals surface area contributed by atoms with Crippen molar-refractivity contribution >= 4 is 0 Å². The second-order valence-corrected chi connectivity index (χ2v) is 5.08. The zero-order chi connectivity index (χ0) is 12.6. The summed E-state index contributed by atoms with van der Waals surface area (Å²) in [5.41, 5.74) is 5.56. The van der Waals surface area contributed by atoms with E-state index in [4.69, 9.17) is 10.5 Å². The lowest BCUT2D eigenvalue weighted by molar-refractivity contribution is 0.130. The van der Waals surface area contributed by atoms with E-state index in [1.54, 1.807) is 0 Å². The van der Waals surface area contributed by atoms with E-state index in [1.807, 2.05) is 30.3 Å². The molecule has 1 aliphatic heterocycles. The van der Waals surface area contributed by atoms with Gasteiger partial charge in [0.05, 0.1) is 6.61 Å².